The van der Waals surface area contributed by atoms with Crippen molar-refractivity contribution >= 4 is 12.4 Å². The molecule has 0 spiro atoms. The van der Waals surface area contributed by atoms with Crippen LogP contribution in [0.5, 0.6) is 5.75 Å². The monoisotopic (exact) mass is 225 g/mol. The Bertz CT molecular complexity index is 529. The lowest BCUT2D eigenvalue weighted by Gasteiger charge is -2.09. The van der Waals surface area contributed by atoms with E-state index in [2.05, 4.69) is 6.72 Å². The molecule has 2 rings (SSSR count). The Morgan fingerprint density at radius 1 is 1.06 bits per heavy atom. The number of nitrogens with zero attached hydrogens (tertiary/aromatic N) is 1. The maximum absolute atomic E-state index is 9.66. The Morgan fingerprint density at radius 3 is 2.35 bits per heavy atom. The van der Waals surface area contributed by atoms with E-state index >= 15 is 0 Å². The minimum absolute atomic E-state index is 0.258. The first-order valence-corrected chi connectivity index (χ1v) is 5.46. The van der Waals surface area contributed by atoms with E-state index in [9.17, 15) is 5.11 Å². The molecule has 0 amide bonds. The highest BCUT2D eigenvalue weighted by Crippen LogP contribution is 2.21. The number of rotatable bonds is 3. The Labute approximate surface area is 101 Å². The number of aromatic hydroxyl groups is 1. The van der Waals surface area contributed by atoms with Crippen molar-refractivity contribution in [1.29, 1.82) is 0 Å². The first-order chi connectivity index (χ1) is 8.16. The lowest BCUT2D eigenvalue weighted by molar-refractivity contribution is -0.378. The van der Waals surface area contributed by atoms with Crippen LogP contribution in [0.2, 0.25) is 0 Å². The minimum atomic E-state index is 0.258. The van der Waals surface area contributed by atoms with Crippen molar-refractivity contribution in [2.24, 2.45) is 0 Å². The fraction of sp³-hybridized carbons (Fsp3) is 0.0667. The van der Waals surface area contributed by atoms with Crippen molar-refractivity contribution in [2.45, 2.75) is 6.92 Å². The molecule has 0 heterocycles. The van der Waals surface area contributed by atoms with Gasteiger partial charge in [-0.15, -0.1) is 6.07 Å². The fourth-order valence-corrected chi connectivity index (χ4v) is 1.58. The van der Waals surface area contributed by atoms with Gasteiger partial charge in [0, 0.05) is 0 Å². The molecule has 0 aromatic heterocycles. The fourth-order valence-electron chi connectivity index (χ4n) is 1.58. The summed E-state index contributed by atoms with van der Waals surface area (Å²) in [7, 11) is 0. The molecule has 2 heteroatoms. The van der Waals surface area contributed by atoms with Crippen LogP contribution in [0.3, 0.4) is 0 Å². The molecule has 0 bridgehead atoms. The predicted octanol–water partition coefficient (Wildman–Crippen LogP) is 3.26. The summed E-state index contributed by atoms with van der Waals surface area (Å²) < 4.78 is 1.74. The molecule has 0 aliphatic rings. The summed E-state index contributed by atoms with van der Waals surface area (Å²) >= 11 is 0. The Hall–Kier alpha value is -2.22. The van der Waals surface area contributed by atoms with Gasteiger partial charge in [-0.3, -0.25) is 4.58 Å². The second-order valence-corrected chi connectivity index (χ2v) is 3.99. The molecule has 2 nitrogen and oxygen atoms in total. The predicted molar refractivity (Wildman–Crippen MR) is 69.7 cm³/mol. The summed E-state index contributed by atoms with van der Waals surface area (Å²) in [6.07, 6.45) is 0. The maximum Gasteiger partial charge on any atom is 0.147 e. The van der Waals surface area contributed by atoms with Crippen LogP contribution >= 0.6 is 0 Å². The molecule has 2 aromatic rings. The van der Waals surface area contributed by atoms with Gasteiger partial charge in [-0.25, -0.2) is 0 Å². The summed E-state index contributed by atoms with van der Waals surface area (Å²) in [5.41, 5.74) is 2.95. The average molecular weight is 225 g/mol. The number of phenols is 1. The number of aryl methyl sites for hydroxylation is 1. The van der Waals surface area contributed by atoms with Crippen molar-refractivity contribution < 1.29 is 9.68 Å². The normalized spacial score (nSPS) is 9.94. The summed E-state index contributed by atoms with van der Waals surface area (Å²) in [5.74, 6) is 0.258. The van der Waals surface area contributed by atoms with Gasteiger partial charge in [-0.2, -0.15) is 0 Å². The van der Waals surface area contributed by atoms with Crippen LogP contribution in [0.1, 0.15) is 11.1 Å². The van der Waals surface area contributed by atoms with E-state index in [1.165, 1.54) is 5.56 Å². The van der Waals surface area contributed by atoms with E-state index in [-0.39, 0.29) is 5.75 Å². The lowest BCUT2D eigenvalue weighted by Crippen LogP contribution is -2.00. The van der Waals surface area contributed by atoms with Crippen molar-refractivity contribution in [3.8, 4) is 5.75 Å². The van der Waals surface area contributed by atoms with Gasteiger partial charge in [-0.1, -0.05) is 35.9 Å². The van der Waals surface area contributed by atoms with E-state index in [0.29, 0.717) is 0 Å². The van der Waals surface area contributed by atoms with Gasteiger partial charge in [0.05, 0.1) is 12.5 Å². The van der Waals surface area contributed by atoms with E-state index in [1.54, 1.807) is 23.3 Å². The van der Waals surface area contributed by atoms with Crippen LogP contribution in [-0.2, 0) is 0 Å². The van der Waals surface area contributed by atoms with Gasteiger partial charge in [0.1, 0.15) is 12.2 Å². The standard InChI is InChI=1S/C15H15NO/c1-12-7-9-14(10-8-12)16(2)11-13-5-3-4-6-15(13)17/h3-11,17H,2H2,1H3. The summed E-state index contributed by atoms with van der Waals surface area (Å²) in [5, 5.41) is 9.66. The molecular weight excluding hydrogens is 210 g/mol. The number of phenolic OH excluding ortho intramolecular Hbond substituents is 1. The van der Waals surface area contributed by atoms with Crippen molar-refractivity contribution in [1.82, 2.24) is 0 Å². The third-order valence-corrected chi connectivity index (χ3v) is 2.60. The van der Waals surface area contributed by atoms with Gasteiger partial charge in [0.25, 0.3) is 0 Å². The van der Waals surface area contributed by atoms with Gasteiger partial charge >= 0.3 is 0 Å². The number of hydrogen-bond acceptors (Lipinski definition) is 1. The molecule has 0 atom stereocenters. The molecule has 2 aromatic carbocycles. The van der Waals surface area contributed by atoms with Crippen molar-refractivity contribution in [3.05, 3.63) is 66.2 Å². The smallest absolute Gasteiger partial charge is 0.147 e. The van der Waals surface area contributed by atoms with E-state index in [0.717, 1.165) is 11.3 Å². The van der Waals surface area contributed by atoms with Crippen LogP contribution in [0.25, 0.3) is 0 Å². The largest absolute Gasteiger partial charge is 0.542 e. The Morgan fingerprint density at radius 2 is 1.71 bits per heavy atom. The second-order valence-electron chi connectivity index (χ2n) is 3.99. The van der Waals surface area contributed by atoms with E-state index < -0.39 is 0 Å². The summed E-state index contributed by atoms with van der Waals surface area (Å²) in [4.78, 5) is 0. The zero-order valence-corrected chi connectivity index (χ0v) is 9.80. The molecule has 0 aliphatic heterocycles. The summed E-state index contributed by atoms with van der Waals surface area (Å²) in [6.45, 7) is 7.79. The van der Waals surface area contributed by atoms with Crippen LogP contribution in [0.15, 0.2) is 48.5 Å². The highest BCUT2D eigenvalue weighted by Gasteiger charge is 2.03. The quantitative estimate of drug-likeness (QED) is 0.483. The van der Waals surface area contributed by atoms with E-state index in [4.69, 9.17) is 0 Å². The van der Waals surface area contributed by atoms with Gasteiger partial charge in [0.2, 0.25) is 0 Å². The third-order valence-electron chi connectivity index (χ3n) is 2.60. The number of para-hydroxylation sites is 1. The molecule has 0 unspecified atom stereocenters. The molecule has 1 N–H and O–H groups in total. The van der Waals surface area contributed by atoms with Crippen LogP contribution in [0, 0.1) is 13.5 Å². The molecule has 0 saturated carbocycles. The molecule has 0 saturated heterocycles. The average Bonchev–Trinajstić information content (AvgIpc) is 2.33. The number of hydrogen-bond donors (Lipinski definition) is 1. The van der Waals surface area contributed by atoms with Gasteiger partial charge < -0.3 is 5.11 Å². The topological polar surface area (TPSA) is 23.2 Å². The number of benzene rings is 2. The summed E-state index contributed by atoms with van der Waals surface area (Å²) in [6, 6.07) is 15.3. The zero-order valence-electron chi connectivity index (χ0n) is 9.80. The van der Waals surface area contributed by atoms with Crippen LogP contribution < -0.4 is 0 Å². The van der Waals surface area contributed by atoms with Gasteiger partial charge in [0.15, 0.2) is 0 Å². The van der Waals surface area contributed by atoms with Gasteiger partial charge in [-0.05, 0) is 24.6 Å². The first-order valence-electron chi connectivity index (χ1n) is 5.46. The van der Waals surface area contributed by atoms with E-state index in [1.807, 2.05) is 43.3 Å². The SMILES string of the molecule is C=[N+]([CH-]c1ccccc1O)c1ccc(C)cc1. The molecular formula is C15H15NO. The highest BCUT2D eigenvalue weighted by molar-refractivity contribution is 5.40. The lowest BCUT2D eigenvalue weighted by atomic mass is 10.2. The van der Waals surface area contributed by atoms with Crippen LogP contribution in [0.4, 0.5) is 5.69 Å². The highest BCUT2D eigenvalue weighted by atomic mass is 16.3. The van der Waals surface area contributed by atoms with Crippen molar-refractivity contribution in [3.63, 3.8) is 0 Å². The first kappa shape index (κ1) is 11.3. The molecule has 0 radical (unpaired) electrons. The molecule has 86 valence electrons. The third kappa shape index (κ3) is 2.67. The van der Waals surface area contributed by atoms with Crippen LogP contribution in [-0.4, -0.2) is 16.4 Å². The molecule has 0 fully saturated rings. The minimum Gasteiger partial charge on any atom is -0.542 e. The second kappa shape index (κ2) is 4.74. The maximum atomic E-state index is 9.66. The van der Waals surface area contributed by atoms with Crippen molar-refractivity contribution in [2.75, 3.05) is 0 Å². The Kier molecular flexibility index (Phi) is 3.15. The zero-order chi connectivity index (χ0) is 12.3. The molecule has 17 heavy (non-hydrogen) atoms. The Balaban J connectivity index is 2.17. The molecule has 0 aliphatic carbocycles.